The van der Waals surface area contributed by atoms with E-state index in [1.165, 1.54) is 10.5 Å². The highest BCUT2D eigenvalue weighted by Gasteiger charge is 2.21. The summed E-state index contributed by atoms with van der Waals surface area (Å²) in [7, 11) is 3.90. The van der Waals surface area contributed by atoms with Crippen molar-refractivity contribution in [3.63, 3.8) is 0 Å². The van der Waals surface area contributed by atoms with Gasteiger partial charge in [-0.05, 0) is 35.7 Å². The summed E-state index contributed by atoms with van der Waals surface area (Å²) >= 11 is 1.85. The Labute approximate surface area is 146 Å². The number of urea groups is 1. The van der Waals surface area contributed by atoms with E-state index >= 15 is 0 Å². The lowest BCUT2D eigenvalue weighted by Crippen LogP contribution is -2.38. The number of amides is 2. The molecule has 3 rings (SSSR count). The molecule has 0 spiro atoms. The van der Waals surface area contributed by atoms with Crippen molar-refractivity contribution in [2.24, 2.45) is 0 Å². The Bertz CT molecular complexity index is 720. The van der Waals surface area contributed by atoms with Crippen molar-refractivity contribution in [3.05, 3.63) is 53.7 Å². The average Bonchev–Trinajstić information content (AvgIpc) is 2.60. The highest BCUT2D eigenvalue weighted by atomic mass is 32.2. The molecule has 0 radical (unpaired) electrons. The third kappa shape index (κ3) is 4.00. The lowest BCUT2D eigenvalue weighted by Gasteiger charge is -2.26. The van der Waals surface area contributed by atoms with Gasteiger partial charge in [0, 0.05) is 37.5 Å². The number of nitrogens with zero attached hydrogens (tertiary/aromatic N) is 2. The number of anilines is 1. The monoisotopic (exact) mass is 342 g/mol. The molecule has 5 nitrogen and oxygen atoms in total. The zero-order valence-corrected chi connectivity index (χ0v) is 14.8. The standard InChI is InChI=1S/C18H22N4OS/c1-22(2)17-11-13(7-9-19-17)12-20-18(23)21-15-8-10-24-16-6-4-3-5-14(15)16/h3-7,9,11,15H,8,10,12H2,1-2H3,(H2,20,21,23). The molecule has 1 atom stereocenters. The molecule has 1 aliphatic heterocycles. The zero-order chi connectivity index (χ0) is 16.9. The van der Waals surface area contributed by atoms with Crippen LogP contribution in [0.3, 0.4) is 0 Å². The maximum absolute atomic E-state index is 12.3. The lowest BCUT2D eigenvalue weighted by atomic mass is 10.0. The van der Waals surface area contributed by atoms with Gasteiger partial charge in [0.2, 0.25) is 0 Å². The molecule has 1 unspecified atom stereocenters. The van der Waals surface area contributed by atoms with Crippen molar-refractivity contribution in [1.29, 1.82) is 0 Å². The Morgan fingerprint density at radius 1 is 1.33 bits per heavy atom. The molecule has 2 amide bonds. The Kier molecular flexibility index (Phi) is 5.25. The van der Waals surface area contributed by atoms with Crippen LogP contribution in [0.4, 0.5) is 10.6 Å². The highest BCUT2D eigenvalue weighted by Crippen LogP contribution is 2.35. The van der Waals surface area contributed by atoms with Crippen LogP contribution in [0.25, 0.3) is 0 Å². The van der Waals surface area contributed by atoms with Gasteiger partial charge in [-0.15, -0.1) is 11.8 Å². The van der Waals surface area contributed by atoms with Gasteiger partial charge >= 0.3 is 6.03 Å². The highest BCUT2D eigenvalue weighted by molar-refractivity contribution is 7.99. The van der Waals surface area contributed by atoms with Gasteiger partial charge in [0.05, 0.1) is 6.04 Å². The summed E-state index contributed by atoms with van der Waals surface area (Å²) < 4.78 is 0. The minimum Gasteiger partial charge on any atom is -0.363 e. The fourth-order valence-electron chi connectivity index (χ4n) is 2.70. The van der Waals surface area contributed by atoms with Crippen LogP contribution in [0.15, 0.2) is 47.5 Å². The Balaban J connectivity index is 1.58. The minimum atomic E-state index is -0.134. The third-order valence-electron chi connectivity index (χ3n) is 3.99. The van der Waals surface area contributed by atoms with Crippen LogP contribution in [0.2, 0.25) is 0 Å². The molecule has 126 valence electrons. The molecule has 0 saturated heterocycles. The predicted molar refractivity (Wildman–Crippen MR) is 98.5 cm³/mol. The molecule has 0 saturated carbocycles. The quantitative estimate of drug-likeness (QED) is 0.896. The van der Waals surface area contributed by atoms with Gasteiger partial charge in [-0.25, -0.2) is 9.78 Å². The summed E-state index contributed by atoms with van der Waals surface area (Å²) in [5.74, 6) is 1.91. The van der Waals surface area contributed by atoms with E-state index in [1.807, 2.05) is 55.0 Å². The van der Waals surface area contributed by atoms with Crippen LogP contribution in [-0.4, -0.2) is 30.9 Å². The second kappa shape index (κ2) is 7.57. The van der Waals surface area contributed by atoms with E-state index in [0.717, 1.165) is 23.6 Å². The van der Waals surface area contributed by atoms with Crippen molar-refractivity contribution < 1.29 is 4.79 Å². The number of thioether (sulfide) groups is 1. The van der Waals surface area contributed by atoms with Gasteiger partial charge in [-0.3, -0.25) is 0 Å². The van der Waals surface area contributed by atoms with Crippen LogP contribution < -0.4 is 15.5 Å². The van der Waals surface area contributed by atoms with Crippen molar-refractivity contribution in [2.45, 2.75) is 23.9 Å². The van der Waals surface area contributed by atoms with Gasteiger partial charge in [0.1, 0.15) is 5.82 Å². The fraction of sp³-hybridized carbons (Fsp3) is 0.333. The van der Waals surface area contributed by atoms with Crippen LogP contribution in [0.1, 0.15) is 23.6 Å². The molecular weight excluding hydrogens is 320 g/mol. The van der Waals surface area contributed by atoms with Crippen molar-refractivity contribution in [2.75, 3.05) is 24.7 Å². The Hall–Kier alpha value is -2.21. The first-order chi connectivity index (χ1) is 11.6. The van der Waals surface area contributed by atoms with E-state index in [-0.39, 0.29) is 12.1 Å². The van der Waals surface area contributed by atoms with Gasteiger partial charge in [-0.1, -0.05) is 18.2 Å². The summed E-state index contributed by atoms with van der Waals surface area (Å²) in [5, 5.41) is 6.03. The summed E-state index contributed by atoms with van der Waals surface area (Å²) in [5.41, 5.74) is 2.24. The molecule has 1 aliphatic rings. The first-order valence-electron chi connectivity index (χ1n) is 8.02. The van der Waals surface area contributed by atoms with Crippen LogP contribution >= 0.6 is 11.8 Å². The third-order valence-corrected chi connectivity index (χ3v) is 5.11. The second-order valence-electron chi connectivity index (χ2n) is 5.97. The molecule has 2 N–H and O–H groups in total. The van der Waals surface area contributed by atoms with E-state index in [2.05, 4.69) is 27.8 Å². The topological polar surface area (TPSA) is 57.3 Å². The number of nitrogens with one attached hydrogen (secondary N) is 2. The number of hydrogen-bond donors (Lipinski definition) is 2. The second-order valence-corrected chi connectivity index (χ2v) is 7.11. The van der Waals surface area contributed by atoms with E-state index < -0.39 is 0 Å². The SMILES string of the molecule is CN(C)c1cc(CNC(=O)NC2CCSc3ccccc32)ccn1. The first kappa shape index (κ1) is 16.6. The average molecular weight is 342 g/mol. The minimum absolute atomic E-state index is 0.0808. The molecular formula is C18H22N4OS. The van der Waals surface area contributed by atoms with E-state index in [9.17, 15) is 4.79 Å². The first-order valence-corrected chi connectivity index (χ1v) is 9.00. The number of carbonyl (C=O) groups excluding carboxylic acids is 1. The van der Waals surface area contributed by atoms with Gasteiger partial charge in [-0.2, -0.15) is 0 Å². The fourth-order valence-corrected chi connectivity index (χ4v) is 3.82. The summed E-state index contributed by atoms with van der Waals surface area (Å²) in [6.07, 6.45) is 2.72. The largest absolute Gasteiger partial charge is 0.363 e. The van der Waals surface area contributed by atoms with Crippen molar-refractivity contribution in [3.8, 4) is 0 Å². The number of pyridine rings is 1. The molecule has 6 heteroatoms. The number of aromatic nitrogens is 1. The molecule has 24 heavy (non-hydrogen) atoms. The number of benzene rings is 1. The molecule has 2 heterocycles. The Morgan fingerprint density at radius 3 is 3.00 bits per heavy atom. The summed E-state index contributed by atoms with van der Waals surface area (Å²) in [4.78, 5) is 19.7. The molecule has 1 aromatic carbocycles. The number of fused-ring (bicyclic) bond motifs is 1. The van der Waals surface area contributed by atoms with Gasteiger partial charge in [0.15, 0.2) is 0 Å². The maximum atomic E-state index is 12.3. The number of rotatable bonds is 4. The normalized spacial score (nSPS) is 16.2. The molecule has 0 aliphatic carbocycles. The van der Waals surface area contributed by atoms with Gasteiger partial charge < -0.3 is 15.5 Å². The molecule has 1 aromatic heterocycles. The zero-order valence-electron chi connectivity index (χ0n) is 14.0. The van der Waals surface area contributed by atoms with Crippen LogP contribution in [0.5, 0.6) is 0 Å². The van der Waals surface area contributed by atoms with Gasteiger partial charge in [0.25, 0.3) is 0 Å². The lowest BCUT2D eigenvalue weighted by molar-refractivity contribution is 0.236. The predicted octanol–water partition coefficient (Wildman–Crippen LogP) is 3.18. The number of hydrogen-bond acceptors (Lipinski definition) is 4. The van der Waals surface area contributed by atoms with Crippen LogP contribution in [0, 0.1) is 0 Å². The van der Waals surface area contributed by atoms with Crippen molar-refractivity contribution >= 4 is 23.6 Å². The smallest absolute Gasteiger partial charge is 0.315 e. The molecule has 0 bridgehead atoms. The van der Waals surface area contributed by atoms with E-state index in [0.29, 0.717) is 6.54 Å². The summed E-state index contributed by atoms with van der Waals surface area (Å²) in [6, 6.07) is 12.1. The Morgan fingerprint density at radius 2 is 2.17 bits per heavy atom. The van der Waals surface area contributed by atoms with Crippen molar-refractivity contribution in [1.82, 2.24) is 15.6 Å². The molecule has 0 fully saturated rings. The maximum Gasteiger partial charge on any atom is 0.315 e. The van der Waals surface area contributed by atoms with E-state index in [1.54, 1.807) is 6.20 Å². The summed E-state index contributed by atoms with van der Waals surface area (Å²) in [6.45, 7) is 0.484. The number of carbonyl (C=O) groups is 1. The van der Waals surface area contributed by atoms with E-state index in [4.69, 9.17) is 0 Å². The molecule has 2 aromatic rings. The van der Waals surface area contributed by atoms with Crippen LogP contribution in [-0.2, 0) is 6.54 Å².